The number of amides is 2. The first-order valence-corrected chi connectivity index (χ1v) is 13.8. The Morgan fingerprint density at radius 2 is 1.64 bits per heavy atom. The van der Waals surface area contributed by atoms with Crippen molar-refractivity contribution in [2.45, 2.75) is 63.1 Å². The Kier molecular flexibility index (Phi) is 6.70. The molecule has 0 radical (unpaired) electrons. The fourth-order valence-corrected chi connectivity index (χ4v) is 7.21. The van der Waals surface area contributed by atoms with Crippen molar-refractivity contribution >= 4 is 17.5 Å². The van der Waals surface area contributed by atoms with Gasteiger partial charge in [-0.05, 0) is 61.8 Å². The van der Waals surface area contributed by atoms with Gasteiger partial charge >= 0.3 is 0 Å². The predicted molar refractivity (Wildman–Crippen MR) is 140 cm³/mol. The van der Waals surface area contributed by atoms with Crippen LogP contribution in [-0.4, -0.2) is 48.6 Å². The van der Waals surface area contributed by atoms with Gasteiger partial charge in [0.2, 0.25) is 5.91 Å². The number of nitrogens with one attached hydrogen (secondary N) is 2. The van der Waals surface area contributed by atoms with Crippen molar-refractivity contribution in [2.75, 3.05) is 25.1 Å². The molecule has 6 rings (SSSR count). The van der Waals surface area contributed by atoms with Gasteiger partial charge in [0.05, 0.1) is 12.0 Å². The van der Waals surface area contributed by atoms with E-state index in [-0.39, 0.29) is 29.8 Å². The lowest BCUT2D eigenvalue weighted by atomic mass is 9.75. The van der Waals surface area contributed by atoms with Gasteiger partial charge in [-0.3, -0.25) is 9.59 Å². The average molecular weight is 488 g/mol. The first-order chi connectivity index (χ1) is 17.7. The fraction of sp³-hybridized carbons (Fsp3) is 0.533. The van der Waals surface area contributed by atoms with Gasteiger partial charge in [0.25, 0.3) is 5.91 Å². The molecule has 2 amide bonds. The lowest BCUT2D eigenvalue weighted by Gasteiger charge is -2.45. The molecular formula is C30H37N3O3. The molecule has 3 fully saturated rings. The molecule has 190 valence electrons. The van der Waals surface area contributed by atoms with Gasteiger partial charge in [-0.2, -0.15) is 0 Å². The van der Waals surface area contributed by atoms with E-state index < -0.39 is 0 Å². The van der Waals surface area contributed by atoms with E-state index in [2.05, 4.69) is 39.8 Å². The van der Waals surface area contributed by atoms with E-state index in [1.165, 1.54) is 11.3 Å². The normalized spacial score (nSPS) is 30.1. The van der Waals surface area contributed by atoms with Crippen molar-refractivity contribution in [1.82, 2.24) is 10.2 Å². The van der Waals surface area contributed by atoms with Crippen molar-refractivity contribution in [3.05, 3.63) is 65.7 Å². The summed E-state index contributed by atoms with van der Waals surface area (Å²) >= 11 is 0. The summed E-state index contributed by atoms with van der Waals surface area (Å²) in [5.74, 6) is 0.971. The molecule has 2 aromatic carbocycles. The Hall–Kier alpha value is -2.86. The van der Waals surface area contributed by atoms with Crippen molar-refractivity contribution in [2.24, 2.45) is 17.8 Å². The summed E-state index contributed by atoms with van der Waals surface area (Å²) in [7, 11) is 0. The van der Waals surface area contributed by atoms with Crippen molar-refractivity contribution < 1.29 is 14.3 Å². The highest BCUT2D eigenvalue weighted by atomic mass is 16.5. The van der Waals surface area contributed by atoms with Gasteiger partial charge in [-0.1, -0.05) is 49.2 Å². The van der Waals surface area contributed by atoms with Crippen LogP contribution >= 0.6 is 0 Å². The number of nitrogens with zero attached hydrogens (tertiary/aromatic N) is 1. The fourth-order valence-electron chi connectivity index (χ4n) is 7.21. The Morgan fingerprint density at radius 3 is 2.47 bits per heavy atom. The van der Waals surface area contributed by atoms with Crippen molar-refractivity contribution in [3.63, 3.8) is 0 Å². The van der Waals surface area contributed by atoms with Gasteiger partial charge in [-0.15, -0.1) is 0 Å². The van der Waals surface area contributed by atoms with Crippen LogP contribution in [0.25, 0.3) is 0 Å². The smallest absolute Gasteiger partial charge is 0.251 e. The maximum absolute atomic E-state index is 14.2. The first-order valence-electron chi connectivity index (χ1n) is 13.8. The number of anilines is 1. The monoisotopic (exact) mass is 487 g/mol. The number of carbonyl (C=O) groups excluding carboxylic acids is 2. The van der Waals surface area contributed by atoms with E-state index >= 15 is 0 Å². The molecule has 3 aliphatic heterocycles. The second kappa shape index (κ2) is 10.3. The molecule has 36 heavy (non-hydrogen) atoms. The van der Waals surface area contributed by atoms with Crippen LogP contribution in [-0.2, 0) is 9.53 Å². The maximum atomic E-state index is 14.2. The van der Waals surface area contributed by atoms with Crippen LogP contribution in [0.5, 0.6) is 0 Å². The summed E-state index contributed by atoms with van der Waals surface area (Å²) in [5, 5.41) is 7.11. The molecular weight excluding hydrogens is 450 g/mol. The molecule has 6 nitrogen and oxygen atoms in total. The van der Waals surface area contributed by atoms with Crippen LogP contribution in [0.15, 0.2) is 54.6 Å². The van der Waals surface area contributed by atoms with Gasteiger partial charge in [0, 0.05) is 49.0 Å². The molecule has 2 saturated heterocycles. The minimum absolute atomic E-state index is 0.0774. The number of rotatable bonds is 4. The summed E-state index contributed by atoms with van der Waals surface area (Å²) in [6.07, 6.45) is 6.97. The zero-order valence-corrected chi connectivity index (χ0v) is 20.9. The number of hydrogen-bond acceptors (Lipinski definition) is 4. The average Bonchev–Trinajstić information content (AvgIpc) is 3.39. The number of likely N-dealkylation sites (tertiary alicyclic amines) is 1. The lowest BCUT2D eigenvalue weighted by Crippen LogP contribution is -2.51. The summed E-state index contributed by atoms with van der Waals surface area (Å²) in [6, 6.07) is 18.3. The number of fused-ring (bicyclic) bond motifs is 3. The van der Waals surface area contributed by atoms with E-state index in [0.717, 1.165) is 64.7 Å². The van der Waals surface area contributed by atoms with Crippen LogP contribution in [0, 0.1) is 17.8 Å². The zero-order chi connectivity index (χ0) is 24.5. The summed E-state index contributed by atoms with van der Waals surface area (Å²) in [6.45, 7) is 2.45. The minimum Gasteiger partial charge on any atom is -0.381 e. The first kappa shape index (κ1) is 23.5. The van der Waals surface area contributed by atoms with Crippen LogP contribution < -0.4 is 10.6 Å². The summed E-state index contributed by atoms with van der Waals surface area (Å²) in [5.41, 5.74) is 3.08. The van der Waals surface area contributed by atoms with Gasteiger partial charge in [0.1, 0.15) is 0 Å². The minimum atomic E-state index is -0.159. The highest BCUT2D eigenvalue weighted by Gasteiger charge is 2.49. The van der Waals surface area contributed by atoms with Crippen LogP contribution in [0.2, 0.25) is 0 Å². The number of ether oxygens (including phenoxy) is 1. The molecule has 1 saturated carbocycles. The van der Waals surface area contributed by atoms with E-state index in [1.807, 2.05) is 30.3 Å². The Labute approximate surface area is 213 Å². The zero-order valence-electron chi connectivity index (χ0n) is 20.9. The summed E-state index contributed by atoms with van der Waals surface area (Å²) < 4.78 is 5.66. The molecule has 2 N–H and O–H groups in total. The number of hydrogen-bond donors (Lipinski definition) is 2. The van der Waals surface area contributed by atoms with E-state index in [9.17, 15) is 9.59 Å². The predicted octanol–water partition coefficient (Wildman–Crippen LogP) is 4.79. The van der Waals surface area contributed by atoms with E-state index in [0.29, 0.717) is 23.4 Å². The second-order valence-electron chi connectivity index (χ2n) is 11.0. The quantitative estimate of drug-likeness (QED) is 0.651. The Bertz CT molecular complexity index is 1080. The molecule has 1 aliphatic carbocycles. The third-order valence-corrected chi connectivity index (χ3v) is 9.00. The third-order valence-electron chi connectivity index (χ3n) is 9.00. The van der Waals surface area contributed by atoms with E-state index in [1.54, 1.807) is 0 Å². The Morgan fingerprint density at radius 1 is 0.889 bits per heavy atom. The molecule has 5 atom stereocenters. The van der Waals surface area contributed by atoms with Crippen LogP contribution in [0.4, 0.5) is 5.69 Å². The van der Waals surface area contributed by atoms with Crippen LogP contribution in [0.3, 0.4) is 0 Å². The molecule has 0 unspecified atom stereocenters. The van der Waals surface area contributed by atoms with Gasteiger partial charge in [-0.25, -0.2) is 0 Å². The highest BCUT2D eigenvalue weighted by Crippen LogP contribution is 2.49. The third kappa shape index (κ3) is 4.40. The SMILES string of the molecule is O=C(N[C@@H]1CCCC[C@@H]1C(=O)N1CC[C@@H]2[C@H](C3CCOCC3)Nc3ccccc3[C@@H]21)c1ccccc1. The largest absolute Gasteiger partial charge is 0.381 e. The van der Waals surface area contributed by atoms with E-state index in [4.69, 9.17) is 4.74 Å². The second-order valence-corrected chi connectivity index (χ2v) is 11.0. The molecule has 0 bridgehead atoms. The van der Waals surface area contributed by atoms with Gasteiger partial charge < -0.3 is 20.3 Å². The van der Waals surface area contributed by atoms with Crippen LogP contribution in [0.1, 0.15) is 66.9 Å². The number of para-hydroxylation sites is 1. The Balaban J connectivity index is 1.25. The molecule has 2 aromatic rings. The van der Waals surface area contributed by atoms with Crippen molar-refractivity contribution in [1.29, 1.82) is 0 Å². The summed E-state index contributed by atoms with van der Waals surface area (Å²) in [4.78, 5) is 29.3. The molecule has 0 spiro atoms. The number of benzene rings is 2. The molecule has 4 aliphatic rings. The molecule has 3 heterocycles. The molecule has 6 heteroatoms. The molecule has 0 aromatic heterocycles. The lowest BCUT2D eigenvalue weighted by molar-refractivity contribution is -0.139. The van der Waals surface area contributed by atoms with Crippen molar-refractivity contribution in [3.8, 4) is 0 Å². The topological polar surface area (TPSA) is 70.7 Å². The van der Waals surface area contributed by atoms with Gasteiger partial charge in [0.15, 0.2) is 0 Å². The standard InChI is InChI=1S/C30H37N3O3/c34-29(21-8-2-1-3-9-21)32-26-13-7-5-11-23(26)30(35)33-17-14-24-27(20-15-18-36-19-16-20)31-25-12-6-4-10-22(25)28(24)33/h1-4,6,8-10,12,20,23-24,26-28,31H,5,7,11,13-19H2,(H,32,34)/t23-,24+,26+,27-,28-/m0/s1. The highest BCUT2D eigenvalue weighted by molar-refractivity contribution is 5.94. The number of carbonyl (C=O) groups is 2. The maximum Gasteiger partial charge on any atom is 0.251 e.